The van der Waals surface area contributed by atoms with Gasteiger partial charge in [0.15, 0.2) is 0 Å². The van der Waals surface area contributed by atoms with E-state index in [1.165, 1.54) is 6.07 Å². The van der Waals surface area contributed by atoms with E-state index in [1.54, 1.807) is 24.3 Å². The molecule has 0 unspecified atom stereocenters. The third kappa shape index (κ3) is 6.01. The molecular weight excluding hydrogens is 395 g/mol. The molecule has 0 aromatic heterocycles. The first-order valence-corrected chi connectivity index (χ1v) is 9.39. The number of nitrogens with zero attached hydrogens (tertiary/aromatic N) is 1. The highest BCUT2D eigenvalue weighted by molar-refractivity contribution is 5.85. The van der Waals surface area contributed by atoms with Crippen molar-refractivity contribution in [2.24, 2.45) is 0 Å². The molecule has 0 radical (unpaired) electrons. The summed E-state index contributed by atoms with van der Waals surface area (Å²) in [5.41, 5.74) is 2.22. The smallest absolute Gasteiger partial charge is 0.141 e. The third-order valence-corrected chi connectivity index (χ3v) is 4.64. The summed E-state index contributed by atoms with van der Waals surface area (Å²) in [5, 5.41) is 12.3. The summed E-state index contributed by atoms with van der Waals surface area (Å²) in [7, 11) is 0. The summed E-state index contributed by atoms with van der Waals surface area (Å²) in [6, 6.07) is 12.0. The largest absolute Gasteiger partial charge is 0.494 e. The Morgan fingerprint density at radius 3 is 2.72 bits per heavy atom. The van der Waals surface area contributed by atoms with Crippen LogP contribution in [0.2, 0.25) is 0 Å². The number of nitriles is 1. The van der Waals surface area contributed by atoms with Gasteiger partial charge in [0.2, 0.25) is 0 Å². The van der Waals surface area contributed by atoms with Gasteiger partial charge in [0.1, 0.15) is 17.3 Å². The van der Waals surface area contributed by atoms with E-state index < -0.39 is 5.82 Å². The minimum Gasteiger partial charge on any atom is -0.494 e. The van der Waals surface area contributed by atoms with Crippen LogP contribution >= 0.6 is 12.4 Å². The first-order chi connectivity index (χ1) is 13.6. The Morgan fingerprint density at radius 2 is 2.07 bits per heavy atom. The maximum absolute atomic E-state index is 14.5. The molecule has 0 saturated carbocycles. The molecular formula is C22H24ClFN2O3. The molecule has 3 rings (SSSR count). The first kappa shape index (κ1) is 22.8. The number of Topliss-reactive ketones (excluding diaryl/α,β-unsaturated/α-hetero) is 1. The number of rotatable bonds is 7. The molecule has 29 heavy (non-hydrogen) atoms. The van der Waals surface area contributed by atoms with Gasteiger partial charge in [-0.1, -0.05) is 12.1 Å². The molecule has 1 N–H and O–H groups in total. The molecule has 1 saturated heterocycles. The van der Waals surface area contributed by atoms with Crippen molar-refractivity contribution in [2.75, 3.05) is 26.3 Å². The molecule has 2 aromatic carbocycles. The minimum atomic E-state index is -0.407. The second kappa shape index (κ2) is 10.9. The van der Waals surface area contributed by atoms with Gasteiger partial charge in [-0.05, 0) is 42.3 Å². The van der Waals surface area contributed by atoms with Gasteiger partial charge in [0.05, 0.1) is 31.0 Å². The standard InChI is InChI=1S/C22H23FN2O3.ClH/c1-2-27-21-6-3-15(13-24)9-18(21)11-19(26)10-16-4-5-17(12-20(16)23)22-14-25-7-8-28-22;/h3-6,9,12,22,25H,2,7-8,10-11,14H2,1H3;1H/t22-;/m0./s1. The summed E-state index contributed by atoms with van der Waals surface area (Å²) in [6.45, 7) is 4.35. The predicted octanol–water partition coefficient (Wildman–Crippen LogP) is 3.53. The number of benzene rings is 2. The number of ether oxygens (including phenoxy) is 2. The van der Waals surface area contributed by atoms with Crippen molar-refractivity contribution in [1.29, 1.82) is 5.26 Å². The number of ketones is 1. The quantitative estimate of drug-likeness (QED) is 0.744. The minimum absolute atomic E-state index is 0. The molecule has 0 amide bonds. The van der Waals surface area contributed by atoms with Crippen molar-refractivity contribution in [3.8, 4) is 11.8 Å². The van der Waals surface area contributed by atoms with Crippen LogP contribution in [0.5, 0.6) is 5.75 Å². The average Bonchev–Trinajstić information content (AvgIpc) is 2.71. The molecule has 1 aliphatic heterocycles. The van der Waals surface area contributed by atoms with Crippen molar-refractivity contribution in [2.45, 2.75) is 25.9 Å². The molecule has 1 fully saturated rings. The Bertz CT molecular complexity index is 892. The predicted molar refractivity (Wildman–Crippen MR) is 110 cm³/mol. The van der Waals surface area contributed by atoms with Crippen LogP contribution in [0.15, 0.2) is 36.4 Å². The van der Waals surface area contributed by atoms with E-state index >= 15 is 0 Å². The maximum atomic E-state index is 14.5. The van der Waals surface area contributed by atoms with Gasteiger partial charge in [-0.3, -0.25) is 4.79 Å². The summed E-state index contributed by atoms with van der Waals surface area (Å²) in [4.78, 5) is 12.5. The number of morpholine rings is 1. The summed E-state index contributed by atoms with van der Waals surface area (Å²) in [6.07, 6.45) is -0.101. The second-order valence-corrected chi connectivity index (χ2v) is 6.67. The number of nitrogens with one attached hydrogen (secondary N) is 1. The van der Waals surface area contributed by atoms with Crippen molar-refractivity contribution in [1.82, 2.24) is 5.32 Å². The second-order valence-electron chi connectivity index (χ2n) is 6.67. The lowest BCUT2D eigenvalue weighted by Gasteiger charge is -2.24. The zero-order valence-electron chi connectivity index (χ0n) is 16.2. The van der Waals surface area contributed by atoms with E-state index in [4.69, 9.17) is 14.7 Å². The zero-order chi connectivity index (χ0) is 19.9. The van der Waals surface area contributed by atoms with E-state index in [2.05, 4.69) is 11.4 Å². The van der Waals surface area contributed by atoms with Crippen molar-refractivity contribution < 1.29 is 18.7 Å². The molecule has 2 aromatic rings. The number of carbonyl (C=O) groups is 1. The Hall–Kier alpha value is -2.46. The van der Waals surface area contributed by atoms with E-state index in [1.807, 2.05) is 13.0 Å². The summed E-state index contributed by atoms with van der Waals surface area (Å²) < 4.78 is 25.7. The highest BCUT2D eigenvalue weighted by atomic mass is 35.5. The van der Waals surface area contributed by atoms with Gasteiger partial charge in [0, 0.05) is 31.5 Å². The molecule has 1 heterocycles. The molecule has 7 heteroatoms. The normalized spacial score (nSPS) is 15.8. The summed E-state index contributed by atoms with van der Waals surface area (Å²) in [5.74, 6) is 0.0294. The fraction of sp³-hybridized carbons (Fsp3) is 0.364. The number of carbonyl (C=O) groups excluding carboxylic acids is 1. The van der Waals surface area contributed by atoms with E-state index in [-0.39, 0.29) is 37.1 Å². The number of hydrogen-bond acceptors (Lipinski definition) is 5. The van der Waals surface area contributed by atoms with Gasteiger partial charge in [-0.15, -0.1) is 12.4 Å². The van der Waals surface area contributed by atoms with E-state index in [9.17, 15) is 9.18 Å². The van der Waals surface area contributed by atoms with Crippen LogP contribution in [0.25, 0.3) is 0 Å². The summed E-state index contributed by atoms with van der Waals surface area (Å²) >= 11 is 0. The molecule has 1 aliphatic rings. The van der Waals surface area contributed by atoms with Crippen LogP contribution in [0.4, 0.5) is 4.39 Å². The Kier molecular flexibility index (Phi) is 8.59. The van der Waals surface area contributed by atoms with Crippen LogP contribution in [-0.2, 0) is 22.4 Å². The van der Waals surface area contributed by atoms with Crippen LogP contribution in [-0.4, -0.2) is 32.1 Å². The molecule has 1 atom stereocenters. The number of halogens is 2. The SMILES string of the molecule is CCOc1ccc(C#N)cc1CC(=O)Cc1ccc([C@@H]2CNCCO2)cc1F.Cl. The van der Waals surface area contributed by atoms with Gasteiger partial charge in [0.25, 0.3) is 0 Å². The highest BCUT2D eigenvalue weighted by Gasteiger charge is 2.18. The van der Waals surface area contributed by atoms with Gasteiger partial charge >= 0.3 is 0 Å². The van der Waals surface area contributed by atoms with Crippen LogP contribution < -0.4 is 10.1 Å². The molecule has 0 spiro atoms. The van der Waals surface area contributed by atoms with E-state index in [0.29, 0.717) is 42.2 Å². The third-order valence-electron chi connectivity index (χ3n) is 4.64. The maximum Gasteiger partial charge on any atom is 0.141 e. The lowest BCUT2D eigenvalue weighted by molar-refractivity contribution is -0.117. The molecule has 0 aliphatic carbocycles. The van der Waals surface area contributed by atoms with Gasteiger partial charge in [-0.25, -0.2) is 4.39 Å². The molecule has 0 bridgehead atoms. The fourth-order valence-corrected chi connectivity index (χ4v) is 3.26. The molecule has 154 valence electrons. The van der Waals surface area contributed by atoms with Crippen molar-refractivity contribution in [3.63, 3.8) is 0 Å². The van der Waals surface area contributed by atoms with Crippen molar-refractivity contribution >= 4 is 18.2 Å². The monoisotopic (exact) mass is 418 g/mol. The Morgan fingerprint density at radius 1 is 1.28 bits per heavy atom. The Balaban J connectivity index is 0.00000300. The van der Waals surface area contributed by atoms with Crippen LogP contribution in [0.3, 0.4) is 0 Å². The topological polar surface area (TPSA) is 71.3 Å². The van der Waals surface area contributed by atoms with Crippen LogP contribution in [0, 0.1) is 17.1 Å². The van der Waals surface area contributed by atoms with E-state index in [0.717, 1.165) is 12.1 Å². The lowest BCUT2D eigenvalue weighted by atomic mass is 9.98. The van der Waals surface area contributed by atoms with Crippen LogP contribution in [0.1, 0.15) is 35.3 Å². The highest BCUT2D eigenvalue weighted by Crippen LogP contribution is 2.24. The first-order valence-electron chi connectivity index (χ1n) is 9.39. The number of hydrogen-bond donors (Lipinski definition) is 1. The fourth-order valence-electron chi connectivity index (χ4n) is 3.26. The van der Waals surface area contributed by atoms with Crippen molar-refractivity contribution in [3.05, 3.63) is 64.5 Å². The average molecular weight is 419 g/mol. The zero-order valence-corrected chi connectivity index (χ0v) is 17.1. The van der Waals surface area contributed by atoms with Gasteiger partial charge < -0.3 is 14.8 Å². The molecule has 5 nitrogen and oxygen atoms in total. The Labute approximate surface area is 176 Å². The van der Waals surface area contributed by atoms with Gasteiger partial charge in [-0.2, -0.15) is 5.26 Å². The lowest BCUT2D eigenvalue weighted by Crippen LogP contribution is -2.33.